The number of methoxy groups -OCH3 is 3. The summed E-state index contributed by atoms with van der Waals surface area (Å²) in [5, 5.41) is 3.21. The maximum atomic E-state index is 12.8. The van der Waals surface area contributed by atoms with Gasteiger partial charge in [0.25, 0.3) is 0 Å². The first-order valence-corrected chi connectivity index (χ1v) is 10.6. The molecule has 1 unspecified atom stereocenters. The van der Waals surface area contributed by atoms with Crippen LogP contribution in [0, 0.1) is 0 Å². The van der Waals surface area contributed by atoms with E-state index in [1.54, 1.807) is 21.3 Å². The average molecular weight is 464 g/mol. The highest BCUT2D eigenvalue weighted by molar-refractivity contribution is 9.10. The number of benzene rings is 2. The Morgan fingerprint density at radius 3 is 2.45 bits per heavy atom. The normalized spacial score (nSPS) is 11.6. The summed E-state index contributed by atoms with van der Waals surface area (Å²) in [5.41, 5.74) is 2.01. The summed E-state index contributed by atoms with van der Waals surface area (Å²) in [7, 11) is 4.84. The molecule has 29 heavy (non-hydrogen) atoms. The number of nitrogens with one attached hydrogen (secondary N) is 1. The Balaban J connectivity index is 2.09. The Kier molecular flexibility index (Phi) is 9.32. The first-order valence-electron chi connectivity index (χ1n) is 9.83. The van der Waals surface area contributed by atoms with Crippen LogP contribution in [0.3, 0.4) is 0 Å². The zero-order valence-electron chi connectivity index (χ0n) is 17.6. The molecule has 0 radical (unpaired) electrons. The van der Waals surface area contributed by atoms with Crippen LogP contribution in [0.25, 0.3) is 0 Å². The molecule has 1 N–H and O–H groups in total. The van der Waals surface area contributed by atoms with Crippen LogP contribution < -0.4 is 19.5 Å². The molecule has 2 aromatic carbocycles. The highest BCUT2D eigenvalue weighted by Gasteiger charge is 2.16. The summed E-state index contributed by atoms with van der Waals surface area (Å²) in [6.07, 6.45) is 4.13. The van der Waals surface area contributed by atoms with E-state index >= 15 is 0 Å². The van der Waals surface area contributed by atoms with E-state index in [1.807, 2.05) is 30.3 Å². The molecule has 2 aromatic rings. The van der Waals surface area contributed by atoms with Crippen LogP contribution in [0.5, 0.6) is 17.2 Å². The lowest BCUT2D eigenvalue weighted by atomic mass is 10.00. The van der Waals surface area contributed by atoms with E-state index in [0.29, 0.717) is 11.5 Å². The number of ether oxygens (including phenoxy) is 3. The summed E-state index contributed by atoms with van der Waals surface area (Å²) in [6.45, 7) is 2.16. The largest absolute Gasteiger partial charge is 0.497 e. The number of hydrogen-bond donors (Lipinski definition) is 1. The van der Waals surface area contributed by atoms with Gasteiger partial charge in [-0.3, -0.25) is 4.79 Å². The second-order valence-corrected chi connectivity index (χ2v) is 7.79. The smallest absolute Gasteiger partial charge is 0.224 e. The van der Waals surface area contributed by atoms with E-state index in [2.05, 4.69) is 34.2 Å². The molecule has 0 aromatic heterocycles. The molecule has 5 nitrogen and oxygen atoms in total. The Bertz CT molecular complexity index is 809. The van der Waals surface area contributed by atoms with Crippen molar-refractivity contribution in [1.82, 2.24) is 5.32 Å². The van der Waals surface area contributed by atoms with Crippen molar-refractivity contribution in [3.05, 3.63) is 52.0 Å². The fourth-order valence-corrected chi connectivity index (χ4v) is 3.71. The zero-order valence-corrected chi connectivity index (χ0v) is 19.2. The third kappa shape index (κ3) is 6.96. The number of unbranched alkanes of at least 4 members (excludes halogenated alkanes) is 1. The molecule has 0 saturated carbocycles. The van der Waals surface area contributed by atoms with Gasteiger partial charge in [0, 0.05) is 10.5 Å². The van der Waals surface area contributed by atoms with Crippen molar-refractivity contribution in [2.45, 2.75) is 45.1 Å². The molecule has 0 bridgehead atoms. The molecule has 0 fully saturated rings. The monoisotopic (exact) mass is 463 g/mol. The fourth-order valence-electron chi connectivity index (χ4n) is 3.24. The number of rotatable bonds is 11. The van der Waals surface area contributed by atoms with Crippen molar-refractivity contribution < 1.29 is 19.0 Å². The third-order valence-electron chi connectivity index (χ3n) is 4.79. The molecular weight excluding hydrogens is 434 g/mol. The molecule has 0 saturated heterocycles. The molecule has 1 amide bonds. The maximum Gasteiger partial charge on any atom is 0.224 e. The highest BCUT2D eigenvalue weighted by atomic mass is 79.9. The van der Waals surface area contributed by atoms with Gasteiger partial charge >= 0.3 is 0 Å². The second kappa shape index (κ2) is 11.7. The highest BCUT2D eigenvalue weighted by Crippen LogP contribution is 2.33. The van der Waals surface area contributed by atoms with Gasteiger partial charge in [0.1, 0.15) is 5.75 Å². The first-order chi connectivity index (χ1) is 14.0. The molecule has 158 valence electrons. The van der Waals surface area contributed by atoms with Crippen LogP contribution in [0.4, 0.5) is 0 Å². The summed E-state index contributed by atoms with van der Waals surface area (Å²) in [6, 6.07) is 11.7. The van der Waals surface area contributed by atoms with E-state index in [1.165, 1.54) is 0 Å². The van der Waals surface area contributed by atoms with Gasteiger partial charge in [-0.1, -0.05) is 47.8 Å². The summed E-state index contributed by atoms with van der Waals surface area (Å²) in [4.78, 5) is 12.8. The minimum absolute atomic E-state index is 0.0121. The predicted octanol–water partition coefficient (Wildman–Crippen LogP) is 4.94. The zero-order chi connectivity index (χ0) is 21.2. The van der Waals surface area contributed by atoms with E-state index in [9.17, 15) is 4.79 Å². The van der Waals surface area contributed by atoms with Crippen LogP contribution in [-0.4, -0.2) is 33.3 Å². The number of amides is 1. The Morgan fingerprint density at radius 2 is 1.79 bits per heavy atom. The third-order valence-corrected chi connectivity index (χ3v) is 5.53. The molecule has 0 aliphatic carbocycles. The number of carbonyl (C=O) groups is 1. The number of hydrogen-bond acceptors (Lipinski definition) is 4. The molecule has 6 heteroatoms. The van der Waals surface area contributed by atoms with Crippen LogP contribution in [0.1, 0.15) is 37.3 Å². The van der Waals surface area contributed by atoms with Gasteiger partial charge in [-0.05, 0) is 48.2 Å². The van der Waals surface area contributed by atoms with Crippen LogP contribution in [0.2, 0.25) is 0 Å². The van der Waals surface area contributed by atoms with Gasteiger partial charge in [-0.15, -0.1) is 0 Å². The van der Waals surface area contributed by atoms with Gasteiger partial charge in [-0.25, -0.2) is 0 Å². The SMILES string of the molecule is CCCCC(Cc1cccc(OC)c1)NC(=O)Cc1cc(OC)c(OC)cc1Br. The maximum absolute atomic E-state index is 12.8. The van der Waals surface area contributed by atoms with Crippen LogP contribution in [-0.2, 0) is 17.6 Å². The van der Waals surface area contributed by atoms with E-state index in [0.717, 1.165) is 47.0 Å². The van der Waals surface area contributed by atoms with Gasteiger partial charge in [-0.2, -0.15) is 0 Å². The molecule has 0 aliphatic rings. The Labute approximate surface area is 181 Å². The standard InChI is InChI=1S/C23H30BrNO4/c1-5-6-9-18(11-16-8-7-10-19(12-16)27-2)25-23(26)14-17-13-21(28-3)22(29-4)15-20(17)24/h7-8,10,12-13,15,18H,5-6,9,11,14H2,1-4H3,(H,25,26). The van der Waals surface area contributed by atoms with Crippen molar-refractivity contribution in [3.8, 4) is 17.2 Å². The lowest BCUT2D eigenvalue weighted by Gasteiger charge is -2.20. The first kappa shape index (κ1) is 23.1. The lowest BCUT2D eigenvalue weighted by Crippen LogP contribution is -2.37. The topological polar surface area (TPSA) is 56.8 Å². The molecule has 0 heterocycles. The van der Waals surface area contributed by atoms with Crippen molar-refractivity contribution in [2.75, 3.05) is 21.3 Å². The van der Waals surface area contributed by atoms with Crippen molar-refractivity contribution in [1.29, 1.82) is 0 Å². The van der Waals surface area contributed by atoms with Gasteiger partial charge in [0.05, 0.1) is 27.8 Å². The molecule has 0 spiro atoms. The van der Waals surface area contributed by atoms with Crippen molar-refractivity contribution in [2.24, 2.45) is 0 Å². The number of halogens is 1. The minimum Gasteiger partial charge on any atom is -0.497 e. The van der Waals surface area contributed by atoms with Gasteiger partial charge < -0.3 is 19.5 Å². The number of carbonyl (C=O) groups excluding carboxylic acids is 1. The van der Waals surface area contributed by atoms with E-state index < -0.39 is 0 Å². The fraction of sp³-hybridized carbons (Fsp3) is 0.435. The van der Waals surface area contributed by atoms with Crippen molar-refractivity contribution >= 4 is 21.8 Å². The van der Waals surface area contributed by atoms with E-state index in [-0.39, 0.29) is 18.4 Å². The second-order valence-electron chi connectivity index (χ2n) is 6.94. The molecule has 0 aliphatic heterocycles. The van der Waals surface area contributed by atoms with Crippen LogP contribution in [0.15, 0.2) is 40.9 Å². The Hall–Kier alpha value is -2.21. The summed E-state index contributed by atoms with van der Waals surface area (Å²) >= 11 is 3.53. The van der Waals surface area contributed by atoms with Gasteiger partial charge in [0.2, 0.25) is 5.91 Å². The molecular formula is C23H30BrNO4. The molecule has 1 atom stereocenters. The minimum atomic E-state index is -0.0121. The predicted molar refractivity (Wildman–Crippen MR) is 119 cm³/mol. The average Bonchev–Trinajstić information content (AvgIpc) is 2.73. The summed E-state index contributed by atoms with van der Waals surface area (Å²) in [5.74, 6) is 2.05. The quantitative estimate of drug-likeness (QED) is 0.512. The Morgan fingerprint density at radius 1 is 1.07 bits per heavy atom. The molecule has 2 rings (SSSR count). The summed E-state index contributed by atoms with van der Waals surface area (Å²) < 4.78 is 16.8. The lowest BCUT2D eigenvalue weighted by molar-refractivity contribution is -0.121. The van der Waals surface area contributed by atoms with Gasteiger partial charge in [0.15, 0.2) is 11.5 Å². The van der Waals surface area contributed by atoms with Crippen molar-refractivity contribution in [3.63, 3.8) is 0 Å². The van der Waals surface area contributed by atoms with E-state index in [4.69, 9.17) is 14.2 Å². The van der Waals surface area contributed by atoms with Crippen LogP contribution >= 0.6 is 15.9 Å².